The number of thiazole rings is 1. The normalized spacial score (nSPS) is 11.2. The van der Waals surface area contributed by atoms with E-state index in [1.54, 1.807) is 29.4 Å². The summed E-state index contributed by atoms with van der Waals surface area (Å²) in [5.41, 5.74) is 3.97. The lowest BCUT2D eigenvalue weighted by Gasteiger charge is -2.21. The first-order valence-electron chi connectivity index (χ1n) is 9.38. The number of hydrogen-bond donors (Lipinski definition) is 0. The lowest BCUT2D eigenvalue weighted by Crippen LogP contribution is -2.33. The van der Waals surface area contributed by atoms with Gasteiger partial charge in [-0.1, -0.05) is 23.5 Å². The summed E-state index contributed by atoms with van der Waals surface area (Å²) < 4.78 is 6.40. The summed E-state index contributed by atoms with van der Waals surface area (Å²) in [5, 5.41) is 0.746. The fraction of sp³-hybridized carbons (Fsp3) is 0.364. The van der Waals surface area contributed by atoms with Crippen LogP contribution in [0.5, 0.6) is 5.75 Å². The lowest BCUT2D eigenvalue weighted by atomic mass is 10.1. The molecule has 1 amide bonds. The van der Waals surface area contributed by atoms with E-state index in [0.717, 1.165) is 28.3 Å². The topological polar surface area (TPSA) is 45.7 Å². The molecule has 0 saturated heterocycles. The van der Waals surface area contributed by atoms with Gasteiger partial charge < -0.3 is 9.64 Å². The van der Waals surface area contributed by atoms with Gasteiger partial charge >= 0.3 is 0 Å². The number of ether oxygens (including phenoxy) is 1. The number of methoxy groups -OCH3 is 1. The average Bonchev–Trinajstić information content (AvgIpc) is 3.12. The molecule has 1 heterocycles. The third kappa shape index (κ3) is 4.34. The number of nitrogens with zero attached hydrogens (tertiary/aromatic N) is 3. The summed E-state index contributed by atoms with van der Waals surface area (Å²) in [4.78, 5) is 22.1. The predicted octanol–water partition coefficient (Wildman–Crippen LogP) is 4.52. The van der Waals surface area contributed by atoms with Crippen molar-refractivity contribution in [1.82, 2.24) is 9.88 Å². The first-order chi connectivity index (χ1) is 13.4. The van der Waals surface area contributed by atoms with Gasteiger partial charge in [0.1, 0.15) is 5.75 Å². The number of benzene rings is 2. The fourth-order valence-corrected chi connectivity index (χ4v) is 4.12. The van der Waals surface area contributed by atoms with Crippen LogP contribution in [0.2, 0.25) is 0 Å². The van der Waals surface area contributed by atoms with Crippen LogP contribution >= 0.6 is 11.3 Å². The highest BCUT2D eigenvalue weighted by molar-refractivity contribution is 7.22. The molecule has 148 valence electrons. The molecular formula is C22H27N3O2S. The van der Waals surface area contributed by atoms with E-state index in [4.69, 9.17) is 9.72 Å². The molecule has 1 aromatic heterocycles. The Morgan fingerprint density at radius 3 is 2.64 bits per heavy atom. The Kier molecular flexibility index (Phi) is 6.31. The molecule has 0 atom stereocenters. The van der Waals surface area contributed by atoms with E-state index in [-0.39, 0.29) is 5.91 Å². The number of hydrogen-bond acceptors (Lipinski definition) is 5. The van der Waals surface area contributed by atoms with Crippen LogP contribution in [0.4, 0.5) is 5.13 Å². The van der Waals surface area contributed by atoms with Gasteiger partial charge in [-0.3, -0.25) is 9.69 Å². The molecule has 6 heteroatoms. The quantitative estimate of drug-likeness (QED) is 0.588. The maximum absolute atomic E-state index is 13.3. The first kappa shape index (κ1) is 20.3. The van der Waals surface area contributed by atoms with Gasteiger partial charge in [-0.05, 0) is 76.3 Å². The van der Waals surface area contributed by atoms with E-state index in [0.29, 0.717) is 17.9 Å². The van der Waals surface area contributed by atoms with Crippen LogP contribution in [-0.4, -0.2) is 50.1 Å². The van der Waals surface area contributed by atoms with Crippen molar-refractivity contribution in [2.45, 2.75) is 20.3 Å². The molecule has 3 rings (SSSR count). The van der Waals surface area contributed by atoms with Crippen molar-refractivity contribution in [3.8, 4) is 5.75 Å². The number of carbonyl (C=O) groups excluding carboxylic acids is 1. The monoisotopic (exact) mass is 397 g/mol. The first-order valence-corrected chi connectivity index (χ1v) is 10.2. The Labute approximate surface area is 170 Å². The Morgan fingerprint density at radius 2 is 1.93 bits per heavy atom. The van der Waals surface area contributed by atoms with E-state index in [2.05, 4.69) is 30.9 Å². The van der Waals surface area contributed by atoms with Crippen molar-refractivity contribution in [3.63, 3.8) is 0 Å². The predicted molar refractivity (Wildman–Crippen MR) is 117 cm³/mol. The Morgan fingerprint density at radius 1 is 1.14 bits per heavy atom. The van der Waals surface area contributed by atoms with Crippen LogP contribution in [0.3, 0.4) is 0 Å². The van der Waals surface area contributed by atoms with Crippen molar-refractivity contribution >= 4 is 32.6 Å². The van der Waals surface area contributed by atoms with Crippen molar-refractivity contribution < 1.29 is 9.53 Å². The summed E-state index contributed by atoms with van der Waals surface area (Å²) in [6, 6.07) is 11.5. The minimum Gasteiger partial charge on any atom is -0.497 e. The number of aromatic nitrogens is 1. The van der Waals surface area contributed by atoms with E-state index >= 15 is 0 Å². The minimum atomic E-state index is -0.0499. The largest absolute Gasteiger partial charge is 0.497 e. The minimum absolute atomic E-state index is 0.0499. The van der Waals surface area contributed by atoms with Crippen molar-refractivity contribution in [3.05, 3.63) is 53.1 Å². The molecule has 5 nitrogen and oxygen atoms in total. The van der Waals surface area contributed by atoms with E-state index < -0.39 is 0 Å². The zero-order valence-corrected chi connectivity index (χ0v) is 18.0. The molecule has 0 spiro atoms. The molecule has 0 fully saturated rings. The smallest absolute Gasteiger partial charge is 0.260 e. The molecule has 28 heavy (non-hydrogen) atoms. The van der Waals surface area contributed by atoms with E-state index in [9.17, 15) is 4.79 Å². The molecule has 0 aliphatic rings. The summed E-state index contributed by atoms with van der Waals surface area (Å²) in [7, 11) is 5.69. The summed E-state index contributed by atoms with van der Waals surface area (Å²) in [5.74, 6) is 0.626. The van der Waals surface area contributed by atoms with Crippen LogP contribution < -0.4 is 9.64 Å². The van der Waals surface area contributed by atoms with Crippen molar-refractivity contribution in [2.24, 2.45) is 0 Å². The average molecular weight is 398 g/mol. The zero-order valence-electron chi connectivity index (χ0n) is 17.2. The van der Waals surface area contributed by atoms with Crippen molar-refractivity contribution in [1.29, 1.82) is 0 Å². The van der Waals surface area contributed by atoms with Gasteiger partial charge in [-0.25, -0.2) is 4.98 Å². The second kappa shape index (κ2) is 8.71. The molecule has 0 bridgehead atoms. The third-order valence-corrected chi connectivity index (χ3v) is 5.90. The van der Waals surface area contributed by atoms with E-state index in [1.807, 2.05) is 32.3 Å². The zero-order chi connectivity index (χ0) is 20.3. The Balaban J connectivity index is 1.98. The molecule has 0 N–H and O–H groups in total. The third-order valence-electron chi connectivity index (χ3n) is 4.85. The molecule has 3 aromatic rings. The standard InChI is InChI=1S/C22H27N3O2S/c1-15-10-11-19-20(16(15)2)23-22(28-19)25(13-7-12-24(3)4)21(26)17-8-6-9-18(14-17)27-5/h6,8-11,14H,7,12-13H2,1-5H3. The number of carbonyl (C=O) groups is 1. The second-order valence-electron chi connectivity index (χ2n) is 7.20. The second-order valence-corrected chi connectivity index (χ2v) is 8.21. The molecule has 2 aromatic carbocycles. The number of amides is 1. The summed E-state index contributed by atoms with van der Waals surface area (Å²) in [6.45, 7) is 5.70. The molecule has 0 saturated carbocycles. The number of rotatable bonds is 7. The van der Waals surface area contributed by atoms with Crippen LogP contribution in [0.1, 0.15) is 27.9 Å². The van der Waals surface area contributed by atoms with Gasteiger partial charge in [0, 0.05) is 12.1 Å². The molecule has 0 aliphatic heterocycles. The van der Waals surface area contributed by atoms with Gasteiger partial charge in [0.05, 0.1) is 17.3 Å². The van der Waals surface area contributed by atoms with Gasteiger partial charge in [-0.15, -0.1) is 0 Å². The van der Waals surface area contributed by atoms with Crippen molar-refractivity contribution in [2.75, 3.05) is 39.2 Å². The molecule has 0 unspecified atom stereocenters. The Hall–Kier alpha value is -2.44. The van der Waals surface area contributed by atoms with Crippen LogP contribution in [0.15, 0.2) is 36.4 Å². The highest BCUT2D eigenvalue weighted by Gasteiger charge is 2.22. The van der Waals surface area contributed by atoms with Crippen LogP contribution in [0, 0.1) is 13.8 Å². The van der Waals surface area contributed by atoms with Gasteiger partial charge in [0.2, 0.25) is 0 Å². The lowest BCUT2D eigenvalue weighted by molar-refractivity contribution is 0.0985. The highest BCUT2D eigenvalue weighted by Crippen LogP contribution is 2.33. The van der Waals surface area contributed by atoms with Crippen LogP contribution in [-0.2, 0) is 0 Å². The summed E-state index contributed by atoms with van der Waals surface area (Å²) in [6.07, 6.45) is 0.872. The summed E-state index contributed by atoms with van der Waals surface area (Å²) >= 11 is 1.57. The maximum Gasteiger partial charge on any atom is 0.260 e. The fourth-order valence-electron chi connectivity index (χ4n) is 3.07. The SMILES string of the molecule is COc1cccc(C(=O)N(CCCN(C)C)c2nc3c(C)c(C)ccc3s2)c1. The van der Waals surface area contributed by atoms with Gasteiger partial charge in [0.25, 0.3) is 5.91 Å². The van der Waals surface area contributed by atoms with Gasteiger partial charge in [0.15, 0.2) is 5.13 Å². The molecule has 0 radical (unpaired) electrons. The number of anilines is 1. The van der Waals surface area contributed by atoms with Gasteiger partial charge in [-0.2, -0.15) is 0 Å². The molecular weight excluding hydrogens is 370 g/mol. The van der Waals surface area contributed by atoms with E-state index in [1.165, 1.54) is 11.1 Å². The maximum atomic E-state index is 13.3. The van der Waals surface area contributed by atoms with Crippen LogP contribution in [0.25, 0.3) is 10.2 Å². The Bertz CT molecular complexity index is 981. The number of aryl methyl sites for hydroxylation is 2. The number of fused-ring (bicyclic) bond motifs is 1. The highest BCUT2D eigenvalue weighted by atomic mass is 32.1. The molecule has 0 aliphatic carbocycles.